The number of amides is 1. The Balaban J connectivity index is 2.26. The van der Waals surface area contributed by atoms with Gasteiger partial charge in [-0.2, -0.15) is 0 Å². The van der Waals surface area contributed by atoms with Gasteiger partial charge in [-0.15, -0.1) is 0 Å². The molecule has 9 heteroatoms. The number of allylic oxidation sites excluding steroid dienone is 9. The normalized spacial score (nSPS) is 19.9. The number of rotatable bonds is 49. The summed E-state index contributed by atoms with van der Waals surface area (Å²) in [5.74, 6) is -0.199. The predicted molar refractivity (Wildman–Crippen MR) is 290 cm³/mol. The van der Waals surface area contributed by atoms with Crippen LogP contribution in [-0.2, 0) is 14.3 Å². The third-order valence-corrected chi connectivity index (χ3v) is 13.5. The zero-order valence-electron chi connectivity index (χ0n) is 44.6. The first-order valence-corrected chi connectivity index (χ1v) is 29.0. The van der Waals surface area contributed by atoms with Gasteiger partial charge >= 0.3 is 0 Å². The van der Waals surface area contributed by atoms with Crippen molar-refractivity contribution in [1.29, 1.82) is 0 Å². The van der Waals surface area contributed by atoms with E-state index in [4.69, 9.17) is 9.47 Å². The van der Waals surface area contributed by atoms with Gasteiger partial charge in [0.15, 0.2) is 6.29 Å². The molecule has 1 fully saturated rings. The molecule has 0 saturated carbocycles. The third-order valence-electron chi connectivity index (χ3n) is 13.5. The summed E-state index contributed by atoms with van der Waals surface area (Å²) in [6.07, 6.45) is 60.1. The van der Waals surface area contributed by atoms with Crippen LogP contribution in [0.4, 0.5) is 0 Å². The number of nitrogens with one attached hydrogen (secondary N) is 1. The van der Waals surface area contributed by atoms with Crippen LogP contribution in [0.25, 0.3) is 0 Å². The first-order valence-electron chi connectivity index (χ1n) is 29.0. The van der Waals surface area contributed by atoms with Crippen molar-refractivity contribution in [2.75, 3.05) is 13.2 Å². The lowest BCUT2D eigenvalue weighted by Gasteiger charge is -2.40. The standard InChI is InChI=1S/C60H109NO8/c1-3-5-7-9-11-13-15-17-19-21-23-24-25-26-27-28-29-30-31-32-33-35-37-39-41-43-45-47-49-54(63)53(52-68-60-59(67)58(66)57(65)55(51-62)69-60)61-56(64)50-48-46-44-42-40-38-36-34-22-20-18-16-14-12-10-8-6-4-2/h14,16,20,22,32-33,39,41,47,49,53-55,57-60,62-63,65-67H,3-13,15,17-19,21,23-31,34-38,40,42-46,48,50-52H2,1-2H3,(H,61,64)/b16-14-,22-20-,33-32+,41-39+,49-47+. The number of aliphatic hydroxyl groups is 5. The van der Waals surface area contributed by atoms with E-state index in [9.17, 15) is 30.3 Å². The first kappa shape index (κ1) is 64.9. The molecule has 9 nitrogen and oxygen atoms in total. The Labute approximate surface area is 424 Å². The van der Waals surface area contributed by atoms with Crippen molar-refractivity contribution in [2.45, 2.75) is 301 Å². The molecule has 1 heterocycles. The second-order valence-corrected chi connectivity index (χ2v) is 20.1. The topological polar surface area (TPSA) is 149 Å². The van der Waals surface area contributed by atoms with Crippen molar-refractivity contribution in [2.24, 2.45) is 0 Å². The molecule has 1 rings (SSSR count). The minimum absolute atomic E-state index is 0.199. The lowest BCUT2D eigenvalue weighted by atomic mass is 9.99. The minimum atomic E-state index is -1.58. The molecule has 0 radical (unpaired) electrons. The zero-order valence-corrected chi connectivity index (χ0v) is 44.6. The number of carbonyl (C=O) groups excluding carboxylic acids is 1. The van der Waals surface area contributed by atoms with Crippen LogP contribution in [0, 0.1) is 0 Å². The quantitative estimate of drug-likeness (QED) is 0.0261. The fourth-order valence-corrected chi connectivity index (χ4v) is 8.93. The van der Waals surface area contributed by atoms with Crippen molar-refractivity contribution in [3.8, 4) is 0 Å². The van der Waals surface area contributed by atoms with Gasteiger partial charge in [0, 0.05) is 6.42 Å². The average molecular weight is 973 g/mol. The van der Waals surface area contributed by atoms with Gasteiger partial charge in [0.1, 0.15) is 24.4 Å². The highest BCUT2D eigenvalue weighted by Gasteiger charge is 2.44. The molecule has 6 N–H and O–H groups in total. The van der Waals surface area contributed by atoms with E-state index in [1.165, 1.54) is 173 Å². The maximum absolute atomic E-state index is 13.0. The summed E-state index contributed by atoms with van der Waals surface area (Å²) in [5.41, 5.74) is 0. The molecule has 0 aromatic rings. The van der Waals surface area contributed by atoms with Crippen molar-refractivity contribution in [3.05, 3.63) is 60.8 Å². The Kier molecular flexibility index (Phi) is 46.5. The summed E-state index contributed by atoms with van der Waals surface area (Å²) >= 11 is 0. The van der Waals surface area contributed by atoms with Gasteiger partial charge in [0.2, 0.25) is 5.91 Å². The molecule has 1 aliphatic heterocycles. The van der Waals surface area contributed by atoms with E-state index in [0.717, 1.165) is 64.2 Å². The van der Waals surface area contributed by atoms with E-state index in [0.29, 0.717) is 6.42 Å². The second kappa shape index (κ2) is 49.5. The van der Waals surface area contributed by atoms with E-state index < -0.39 is 49.5 Å². The number of ether oxygens (including phenoxy) is 2. The van der Waals surface area contributed by atoms with Gasteiger partial charge in [-0.25, -0.2) is 0 Å². The second-order valence-electron chi connectivity index (χ2n) is 20.1. The molecule has 0 aliphatic carbocycles. The van der Waals surface area contributed by atoms with E-state index in [2.05, 4.69) is 67.8 Å². The van der Waals surface area contributed by atoms with Crippen molar-refractivity contribution in [1.82, 2.24) is 5.32 Å². The van der Waals surface area contributed by atoms with Crippen molar-refractivity contribution in [3.63, 3.8) is 0 Å². The molecule has 69 heavy (non-hydrogen) atoms. The Morgan fingerprint density at radius 3 is 1.32 bits per heavy atom. The van der Waals surface area contributed by atoms with E-state index in [1.54, 1.807) is 6.08 Å². The molecule has 1 aliphatic rings. The highest BCUT2D eigenvalue weighted by Crippen LogP contribution is 2.23. The summed E-state index contributed by atoms with van der Waals surface area (Å²) < 4.78 is 11.2. The van der Waals surface area contributed by atoms with Crippen LogP contribution in [0.2, 0.25) is 0 Å². The van der Waals surface area contributed by atoms with E-state index in [1.807, 2.05) is 6.08 Å². The SMILES string of the molecule is CCCCCC/C=C\C/C=C\CCCCCCCCCC(=O)NC(COC1OC(CO)C(O)C(O)C1O)C(O)/C=C/CC/C=C/CC/C=C/CCCCCCCCCCCCCCCCCCCC. The molecular weight excluding hydrogens is 863 g/mol. The number of hydrogen-bond donors (Lipinski definition) is 6. The predicted octanol–water partition coefficient (Wildman–Crippen LogP) is 14.3. The number of aliphatic hydroxyl groups excluding tert-OH is 5. The summed E-state index contributed by atoms with van der Waals surface area (Å²) in [7, 11) is 0. The van der Waals surface area contributed by atoms with Crippen LogP contribution in [0.5, 0.6) is 0 Å². The summed E-state index contributed by atoms with van der Waals surface area (Å²) in [6.45, 7) is 3.75. The van der Waals surface area contributed by atoms with Crippen LogP contribution in [0.3, 0.4) is 0 Å². The van der Waals surface area contributed by atoms with E-state index >= 15 is 0 Å². The van der Waals surface area contributed by atoms with Crippen molar-refractivity contribution < 1.29 is 39.8 Å². The van der Waals surface area contributed by atoms with Crippen LogP contribution < -0.4 is 5.32 Å². The van der Waals surface area contributed by atoms with Gasteiger partial charge in [0.25, 0.3) is 0 Å². The summed E-state index contributed by atoms with van der Waals surface area (Å²) in [5, 5.41) is 54.5. The zero-order chi connectivity index (χ0) is 50.1. The molecular formula is C60H109NO8. The summed E-state index contributed by atoms with van der Waals surface area (Å²) in [6, 6.07) is -0.835. The molecule has 1 amide bonds. The van der Waals surface area contributed by atoms with Gasteiger partial charge < -0.3 is 40.3 Å². The van der Waals surface area contributed by atoms with E-state index in [-0.39, 0.29) is 12.5 Å². The average Bonchev–Trinajstić information content (AvgIpc) is 3.35. The number of carbonyl (C=O) groups is 1. The van der Waals surface area contributed by atoms with Gasteiger partial charge in [-0.05, 0) is 77.0 Å². The Hall–Kier alpha value is -2.11. The van der Waals surface area contributed by atoms with Crippen molar-refractivity contribution >= 4 is 5.91 Å². The van der Waals surface area contributed by atoms with Crippen LogP contribution in [0.15, 0.2) is 60.8 Å². The molecule has 1 saturated heterocycles. The maximum Gasteiger partial charge on any atom is 0.220 e. The summed E-state index contributed by atoms with van der Waals surface area (Å²) in [4.78, 5) is 13.0. The molecule has 0 aromatic heterocycles. The largest absolute Gasteiger partial charge is 0.394 e. The first-order chi connectivity index (χ1) is 33.8. The molecule has 402 valence electrons. The Bertz CT molecular complexity index is 1270. The molecule has 0 spiro atoms. The molecule has 7 unspecified atom stereocenters. The van der Waals surface area contributed by atoms with Crippen LogP contribution in [0.1, 0.15) is 258 Å². The number of hydrogen-bond acceptors (Lipinski definition) is 8. The Morgan fingerprint density at radius 1 is 0.493 bits per heavy atom. The molecule has 0 bridgehead atoms. The lowest BCUT2D eigenvalue weighted by molar-refractivity contribution is -0.302. The van der Waals surface area contributed by atoms with Gasteiger partial charge in [-0.3, -0.25) is 4.79 Å². The highest BCUT2D eigenvalue weighted by molar-refractivity contribution is 5.76. The smallest absolute Gasteiger partial charge is 0.220 e. The van der Waals surface area contributed by atoms with Crippen LogP contribution >= 0.6 is 0 Å². The number of unbranched alkanes of at least 4 members (excludes halogenated alkanes) is 31. The fraction of sp³-hybridized carbons (Fsp3) is 0.817. The lowest BCUT2D eigenvalue weighted by Crippen LogP contribution is -2.60. The van der Waals surface area contributed by atoms with Crippen LogP contribution in [-0.4, -0.2) is 87.5 Å². The maximum atomic E-state index is 13.0. The fourth-order valence-electron chi connectivity index (χ4n) is 8.93. The molecule has 0 aromatic carbocycles. The third kappa shape index (κ3) is 39.1. The highest BCUT2D eigenvalue weighted by atomic mass is 16.7. The molecule has 7 atom stereocenters. The van der Waals surface area contributed by atoms with Gasteiger partial charge in [0.05, 0.1) is 25.4 Å². The minimum Gasteiger partial charge on any atom is -0.394 e. The Morgan fingerprint density at radius 2 is 0.870 bits per heavy atom. The monoisotopic (exact) mass is 972 g/mol. The van der Waals surface area contributed by atoms with Gasteiger partial charge in [-0.1, -0.05) is 235 Å².